The van der Waals surface area contributed by atoms with Gasteiger partial charge in [-0.25, -0.2) is 4.98 Å². The number of carbonyl (C=O) groups is 1. The molecule has 2 heterocycles. The summed E-state index contributed by atoms with van der Waals surface area (Å²) in [5, 5.41) is 2.90. The summed E-state index contributed by atoms with van der Waals surface area (Å²) in [6, 6.07) is 13.4. The van der Waals surface area contributed by atoms with E-state index >= 15 is 0 Å². The first-order chi connectivity index (χ1) is 12.2. The van der Waals surface area contributed by atoms with Crippen molar-refractivity contribution in [2.24, 2.45) is 0 Å². The number of hydrogen-bond acceptors (Lipinski definition) is 4. The third-order valence-corrected chi connectivity index (χ3v) is 3.84. The fourth-order valence-corrected chi connectivity index (χ4v) is 2.52. The average molecular weight is 339 g/mol. The van der Waals surface area contributed by atoms with Gasteiger partial charge in [0.1, 0.15) is 23.7 Å². The van der Waals surface area contributed by atoms with Crippen LogP contribution >= 0.6 is 0 Å². The number of nitrogens with one attached hydrogen (secondary N) is 1. The van der Waals surface area contributed by atoms with Crippen molar-refractivity contribution in [2.45, 2.75) is 13.5 Å². The number of fused-ring (bicyclic) bond motifs is 1. The first kappa shape index (κ1) is 17.0. The van der Waals surface area contributed by atoms with Gasteiger partial charge in [0, 0.05) is 25.5 Å². The third-order valence-electron chi connectivity index (χ3n) is 3.84. The van der Waals surface area contributed by atoms with Crippen LogP contribution in [-0.2, 0) is 11.3 Å². The van der Waals surface area contributed by atoms with Crippen LogP contribution in [0.15, 0.2) is 48.7 Å². The molecule has 2 aromatic heterocycles. The molecule has 1 amide bonds. The summed E-state index contributed by atoms with van der Waals surface area (Å²) in [5.74, 6) is 0.556. The van der Waals surface area contributed by atoms with Gasteiger partial charge in [-0.15, -0.1) is 0 Å². The Hall–Kier alpha value is -2.86. The van der Waals surface area contributed by atoms with Gasteiger partial charge in [-0.05, 0) is 36.8 Å². The number of benzene rings is 1. The van der Waals surface area contributed by atoms with Gasteiger partial charge in [-0.3, -0.25) is 4.79 Å². The molecule has 0 unspecified atom stereocenters. The quantitative estimate of drug-likeness (QED) is 0.672. The Morgan fingerprint density at radius 1 is 1.20 bits per heavy atom. The minimum absolute atomic E-state index is 0.200. The van der Waals surface area contributed by atoms with Crippen LogP contribution in [0.25, 0.3) is 5.65 Å². The summed E-state index contributed by atoms with van der Waals surface area (Å²) in [6.45, 7) is 3.42. The van der Waals surface area contributed by atoms with E-state index in [2.05, 4.69) is 10.3 Å². The van der Waals surface area contributed by atoms with Gasteiger partial charge in [0.25, 0.3) is 5.91 Å². The summed E-state index contributed by atoms with van der Waals surface area (Å²) in [4.78, 5) is 16.7. The van der Waals surface area contributed by atoms with E-state index in [9.17, 15) is 4.79 Å². The molecule has 0 saturated heterocycles. The van der Waals surface area contributed by atoms with Crippen molar-refractivity contribution in [2.75, 3.05) is 20.3 Å². The number of hydrogen-bond donors (Lipinski definition) is 1. The predicted octanol–water partition coefficient (Wildman–Crippen LogP) is 2.60. The minimum Gasteiger partial charge on any atom is -0.491 e. The molecule has 1 N–H and O–H groups in total. The number of amides is 1. The molecule has 0 saturated carbocycles. The molecule has 0 fully saturated rings. The van der Waals surface area contributed by atoms with Gasteiger partial charge in [0.15, 0.2) is 0 Å². The second-order valence-electron chi connectivity index (χ2n) is 5.69. The number of methoxy groups -OCH3 is 1. The maximum atomic E-state index is 12.4. The highest BCUT2D eigenvalue weighted by atomic mass is 16.5. The highest BCUT2D eigenvalue weighted by Gasteiger charge is 2.11. The summed E-state index contributed by atoms with van der Waals surface area (Å²) in [6.07, 6.45) is 1.75. The first-order valence-electron chi connectivity index (χ1n) is 8.11. The Balaban J connectivity index is 1.63. The molecule has 1 aromatic carbocycles. The number of nitrogens with zero attached hydrogens (tertiary/aromatic N) is 2. The Morgan fingerprint density at radius 2 is 2.04 bits per heavy atom. The van der Waals surface area contributed by atoms with E-state index in [1.165, 1.54) is 0 Å². The van der Waals surface area contributed by atoms with Crippen molar-refractivity contribution in [1.29, 1.82) is 0 Å². The normalized spacial score (nSPS) is 10.8. The summed E-state index contributed by atoms with van der Waals surface area (Å²) < 4.78 is 12.4. The Bertz CT molecular complexity index is 873. The van der Waals surface area contributed by atoms with E-state index in [4.69, 9.17) is 9.47 Å². The molecule has 3 aromatic rings. The van der Waals surface area contributed by atoms with Crippen LogP contribution in [0.3, 0.4) is 0 Å². The molecule has 0 aliphatic heterocycles. The Morgan fingerprint density at radius 3 is 2.84 bits per heavy atom. The molecular weight excluding hydrogens is 318 g/mol. The van der Waals surface area contributed by atoms with Crippen LogP contribution in [0.5, 0.6) is 5.75 Å². The van der Waals surface area contributed by atoms with E-state index in [0.717, 1.165) is 22.7 Å². The maximum Gasteiger partial charge on any atom is 0.271 e. The molecular formula is C19H21N3O3. The second kappa shape index (κ2) is 7.81. The molecule has 25 heavy (non-hydrogen) atoms. The molecule has 0 radical (unpaired) electrons. The van der Waals surface area contributed by atoms with Gasteiger partial charge < -0.3 is 19.2 Å². The van der Waals surface area contributed by atoms with Crippen LogP contribution in [0.2, 0.25) is 0 Å². The number of pyridine rings is 1. The molecule has 0 bridgehead atoms. The lowest BCUT2D eigenvalue weighted by molar-refractivity contribution is 0.0946. The summed E-state index contributed by atoms with van der Waals surface area (Å²) >= 11 is 0. The van der Waals surface area contributed by atoms with Crippen molar-refractivity contribution in [1.82, 2.24) is 14.7 Å². The van der Waals surface area contributed by atoms with Crippen molar-refractivity contribution >= 4 is 11.6 Å². The van der Waals surface area contributed by atoms with E-state index in [1.54, 1.807) is 13.3 Å². The lowest BCUT2D eigenvalue weighted by Crippen LogP contribution is -2.23. The van der Waals surface area contributed by atoms with Gasteiger partial charge in [0.2, 0.25) is 0 Å². The van der Waals surface area contributed by atoms with Gasteiger partial charge in [-0.1, -0.05) is 18.2 Å². The number of ether oxygens (including phenoxy) is 2. The highest BCUT2D eigenvalue weighted by Crippen LogP contribution is 2.13. The monoisotopic (exact) mass is 339 g/mol. The highest BCUT2D eigenvalue weighted by molar-refractivity contribution is 5.92. The van der Waals surface area contributed by atoms with Crippen molar-refractivity contribution < 1.29 is 14.3 Å². The molecule has 0 aliphatic carbocycles. The molecule has 0 spiro atoms. The minimum atomic E-state index is -0.200. The zero-order valence-corrected chi connectivity index (χ0v) is 14.4. The van der Waals surface area contributed by atoms with E-state index in [1.807, 2.05) is 53.8 Å². The number of aryl methyl sites for hydroxylation is 1. The standard InChI is InChI=1S/C19H21N3O3/c1-14-5-3-8-18-21-17(13-22(14)18)19(23)20-12-15-6-4-7-16(11-15)25-10-9-24-2/h3-8,11,13H,9-10,12H2,1-2H3,(H,20,23). The zero-order chi connectivity index (χ0) is 17.6. The fourth-order valence-electron chi connectivity index (χ4n) is 2.52. The number of rotatable bonds is 7. The summed E-state index contributed by atoms with van der Waals surface area (Å²) in [7, 11) is 1.64. The maximum absolute atomic E-state index is 12.4. The zero-order valence-electron chi connectivity index (χ0n) is 14.4. The Kier molecular flexibility index (Phi) is 5.30. The molecule has 6 nitrogen and oxygen atoms in total. The molecule has 130 valence electrons. The molecule has 0 atom stereocenters. The molecule has 3 rings (SSSR count). The molecule has 0 aliphatic rings. The number of imidazole rings is 1. The predicted molar refractivity (Wildman–Crippen MR) is 94.9 cm³/mol. The average Bonchev–Trinajstić information content (AvgIpc) is 3.06. The lowest BCUT2D eigenvalue weighted by atomic mass is 10.2. The fraction of sp³-hybridized carbons (Fsp3) is 0.263. The lowest BCUT2D eigenvalue weighted by Gasteiger charge is -2.08. The SMILES string of the molecule is COCCOc1cccc(CNC(=O)c2cn3c(C)cccc3n2)c1. The number of aromatic nitrogens is 2. The van der Waals surface area contributed by atoms with Crippen molar-refractivity contribution in [3.8, 4) is 5.75 Å². The van der Waals surface area contributed by atoms with Crippen molar-refractivity contribution in [3.05, 3.63) is 65.6 Å². The van der Waals surface area contributed by atoms with Crippen LogP contribution in [0.1, 0.15) is 21.7 Å². The van der Waals surface area contributed by atoms with E-state index < -0.39 is 0 Å². The summed E-state index contributed by atoms with van der Waals surface area (Å²) in [5.41, 5.74) is 3.16. The smallest absolute Gasteiger partial charge is 0.271 e. The van der Waals surface area contributed by atoms with Crippen LogP contribution < -0.4 is 10.1 Å². The molecule has 6 heteroatoms. The van der Waals surface area contributed by atoms with E-state index in [-0.39, 0.29) is 5.91 Å². The van der Waals surface area contributed by atoms with Crippen molar-refractivity contribution in [3.63, 3.8) is 0 Å². The largest absolute Gasteiger partial charge is 0.491 e. The van der Waals surface area contributed by atoms with Gasteiger partial charge in [0.05, 0.1) is 6.61 Å². The van der Waals surface area contributed by atoms with Crippen LogP contribution in [0, 0.1) is 6.92 Å². The van der Waals surface area contributed by atoms with Gasteiger partial charge in [-0.2, -0.15) is 0 Å². The van der Waals surface area contributed by atoms with Gasteiger partial charge >= 0.3 is 0 Å². The second-order valence-corrected chi connectivity index (χ2v) is 5.69. The van der Waals surface area contributed by atoms with Crippen LogP contribution in [-0.4, -0.2) is 35.6 Å². The van der Waals surface area contributed by atoms with Crippen LogP contribution in [0.4, 0.5) is 0 Å². The van der Waals surface area contributed by atoms with E-state index in [0.29, 0.717) is 25.5 Å². The first-order valence-corrected chi connectivity index (χ1v) is 8.11. The third kappa shape index (κ3) is 4.16. The number of carbonyl (C=O) groups excluding carboxylic acids is 1. The topological polar surface area (TPSA) is 64.9 Å². The Labute approximate surface area is 146 Å².